The summed E-state index contributed by atoms with van der Waals surface area (Å²) in [6.07, 6.45) is 0. The maximum atomic E-state index is 11.5. The summed E-state index contributed by atoms with van der Waals surface area (Å²) in [5, 5.41) is 2.75. The van der Waals surface area contributed by atoms with Crippen LogP contribution in [-0.4, -0.2) is 24.5 Å². The van der Waals surface area contributed by atoms with Crippen molar-refractivity contribution in [3.63, 3.8) is 0 Å². The SMILES string of the molecule is CCN(C)C(=O)Nc1ccc(C)cc1N. The Kier molecular flexibility index (Phi) is 3.55. The first-order chi connectivity index (χ1) is 7.04. The molecule has 0 saturated carbocycles. The third kappa shape index (κ3) is 2.87. The van der Waals surface area contributed by atoms with Crippen LogP contribution in [0.15, 0.2) is 18.2 Å². The number of nitrogens with one attached hydrogen (secondary N) is 1. The van der Waals surface area contributed by atoms with E-state index < -0.39 is 0 Å². The van der Waals surface area contributed by atoms with Crippen LogP contribution in [0.25, 0.3) is 0 Å². The van der Waals surface area contributed by atoms with Crippen molar-refractivity contribution in [1.29, 1.82) is 0 Å². The number of anilines is 2. The Morgan fingerprint density at radius 3 is 2.73 bits per heavy atom. The fourth-order valence-electron chi connectivity index (χ4n) is 1.15. The van der Waals surface area contributed by atoms with Crippen LogP contribution in [0.5, 0.6) is 0 Å². The molecule has 0 aliphatic carbocycles. The molecule has 2 amide bonds. The number of rotatable bonds is 2. The highest BCUT2D eigenvalue weighted by atomic mass is 16.2. The lowest BCUT2D eigenvalue weighted by atomic mass is 10.2. The molecule has 15 heavy (non-hydrogen) atoms. The van der Waals surface area contributed by atoms with Crippen LogP contribution < -0.4 is 11.1 Å². The van der Waals surface area contributed by atoms with E-state index in [4.69, 9.17) is 5.73 Å². The molecule has 0 aliphatic rings. The van der Waals surface area contributed by atoms with Crippen LogP contribution in [0.1, 0.15) is 12.5 Å². The minimum atomic E-state index is -0.145. The molecule has 0 heterocycles. The maximum Gasteiger partial charge on any atom is 0.321 e. The average molecular weight is 207 g/mol. The molecule has 4 nitrogen and oxygen atoms in total. The molecule has 0 fully saturated rings. The Morgan fingerprint density at radius 2 is 2.20 bits per heavy atom. The number of amides is 2. The number of nitrogens with zero attached hydrogens (tertiary/aromatic N) is 1. The fourth-order valence-corrected chi connectivity index (χ4v) is 1.15. The van der Waals surface area contributed by atoms with E-state index in [1.807, 2.05) is 32.0 Å². The highest BCUT2D eigenvalue weighted by Gasteiger charge is 2.07. The molecule has 0 atom stereocenters. The Hall–Kier alpha value is -1.71. The predicted octanol–water partition coefficient (Wildman–Crippen LogP) is 2.06. The van der Waals surface area contributed by atoms with Crippen molar-refractivity contribution in [2.45, 2.75) is 13.8 Å². The molecule has 3 N–H and O–H groups in total. The lowest BCUT2D eigenvalue weighted by Crippen LogP contribution is -2.31. The van der Waals surface area contributed by atoms with Crippen molar-refractivity contribution >= 4 is 17.4 Å². The maximum absolute atomic E-state index is 11.5. The largest absolute Gasteiger partial charge is 0.397 e. The summed E-state index contributed by atoms with van der Waals surface area (Å²) in [6.45, 7) is 4.54. The molecule has 82 valence electrons. The topological polar surface area (TPSA) is 58.4 Å². The number of nitrogens with two attached hydrogens (primary N) is 1. The van der Waals surface area contributed by atoms with Crippen molar-refractivity contribution in [3.05, 3.63) is 23.8 Å². The van der Waals surface area contributed by atoms with Crippen LogP contribution >= 0.6 is 0 Å². The molecule has 1 aromatic rings. The Labute approximate surface area is 90.1 Å². The van der Waals surface area contributed by atoms with Gasteiger partial charge in [-0.05, 0) is 31.5 Å². The van der Waals surface area contributed by atoms with Gasteiger partial charge in [-0.1, -0.05) is 6.07 Å². The van der Waals surface area contributed by atoms with E-state index >= 15 is 0 Å². The number of carbonyl (C=O) groups is 1. The van der Waals surface area contributed by atoms with Gasteiger partial charge in [0.1, 0.15) is 0 Å². The van der Waals surface area contributed by atoms with Crippen LogP contribution in [-0.2, 0) is 0 Å². The summed E-state index contributed by atoms with van der Waals surface area (Å²) in [5.41, 5.74) is 8.10. The number of benzene rings is 1. The molecule has 0 saturated heterocycles. The lowest BCUT2D eigenvalue weighted by molar-refractivity contribution is 0.224. The zero-order valence-corrected chi connectivity index (χ0v) is 9.37. The predicted molar refractivity (Wildman–Crippen MR) is 62.9 cm³/mol. The first kappa shape index (κ1) is 11.4. The molecule has 0 spiro atoms. The van der Waals surface area contributed by atoms with E-state index in [0.29, 0.717) is 17.9 Å². The quantitative estimate of drug-likeness (QED) is 0.729. The minimum absolute atomic E-state index is 0.145. The van der Waals surface area contributed by atoms with Gasteiger partial charge in [-0.2, -0.15) is 0 Å². The Balaban J connectivity index is 2.77. The molecule has 0 bridgehead atoms. The van der Waals surface area contributed by atoms with E-state index in [0.717, 1.165) is 5.56 Å². The van der Waals surface area contributed by atoms with E-state index in [2.05, 4.69) is 5.32 Å². The molecule has 0 aromatic heterocycles. The summed E-state index contributed by atoms with van der Waals surface area (Å²) in [5.74, 6) is 0. The Morgan fingerprint density at radius 1 is 1.53 bits per heavy atom. The fraction of sp³-hybridized carbons (Fsp3) is 0.364. The second-order valence-electron chi connectivity index (χ2n) is 3.54. The third-order valence-electron chi connectivity index (χ3n) is 2.27. The molecule has 0 radical (unpaired) electrons. The third-order valence-corrected chi connectivity index (χ3v) is 2.27. The normalized spacial score (nSPS) is 9.80. The van der Waals surface area contributed by atoms with Crippen LogP contribution in [0.2, 0.25) is 0 Å². The molecule has 1 aromatic carbocycles. The number of urea groups is 1. The van der Waals surface area contributed by atoms with E-state index in [1.54, 1.807) is 11.9 Å². The number of hydrogen-bond donors (Lipinski definition) is 2. The van der Waals surface area contributed by atoms with Crippen molar-refractivity contribution in [1.82, 2.24) is 4.90 Å². The van der Waals surface area contributed by atoms with Crippen LogP contribution in [0.3, 0.4) is 0 Å². The van der Waals surface area contributed by atoms with Crippen LogP contribution in [0.4, 0.5) is 16.2 Å². The van der Waals surface area contributed by atoms with Gasteiger partial charge in [-0.3, -0.25) is 0 Å². The average Bonchev–Trinajstić information content (AvgIpc) is 2.20. The lowest BCUT2D eigenvalue weighted by Gasteiger charge is -2.16. The number of carbonyl (C=O) groups excluding carboxylic acids is 1. The molecular formula is C11H17N3O. The van der Waals surface area contributed by atoms with Gasteiger partial charge in [-0.25, -0.2) is 4.79 Å². The standard InChI is InChI=1S/C11H17N3O/c1-4-14(3)11(15)13-10-6-5-8(2)7-9(10)12/h5-7H,4,12H2,1-3H3,(H,13,15). The van der Waals surface area contributed by atoms with Crippen molar-refractivity contribution in [2.24, 2.45) is 0 Å². The molecule has 4 heteroatoms. The van der Waals surface area contributed by atoms with Gasteiger partial charge in [0.05, 0.1) is 11.4 Å². The second-order valence-corrected chi connectivity index (χ2v) is 3.54. The monoisotopic (exact) mass is 207 g/mol. The van der Waals surface area contributed by atoms with Crippen LogP contribution in [0, 0.1) is 6.92 Å². The van der Waals surface area contributed by atoms with Gasteiger partial charge in [0.15, 0.2) is 0 Å². The number of hydrogen-bond acceptors (Lipinski definition) is 2. The summed E-state index contributed by atoms with van der Waals surface area (Å²) < 4.78 is 0. The van der Waals surface area contributed by atoms with Gasteiger partial charge in [0.2, 0.25) is 0 Å². The number of nitrogen functional groups attached to an aromatic ring is 1. The van der Waals surface area contributed by atoms with Gasteiger partial charge >= 0.3 is 6.03 Å². The molecule has 0 unspecified atom stereocenters. The van der Waals surface area contributed by atoms with Gasteiger partial charge in [0, 0.05) is 13.6 Å². The van der Waals surface area contributed by atoms with Crippen molar-refractivity contribution < 1.29 is 4.79 Å². The highest BCUT2D eigenvalue weighted by molar-refractivity contribution is 5.92. The first-order valence-corrected chi connectivity index (χ1v) is 4.92. The molecule has 0 aliphatic heterocycles. The number of aryl methyl sites for hydroxylation is 1. The van der Waals surface area contributed by atoms with Gasteiger partial charge in [-0.15, -0.1) is 0 Å². The summed E-state index contributed by atoms with van der Waals surface area (Å²) >= 11 is 0. The van der Waals surface area contributed by atoms with E-state index in [1.165, 1.54) is 0 Å². The zero-order chi connectivity index (χ0) is 11.4. The van der Waals surface area contributed by atoms with Gasteiger partial charge < -0.3 is 16.0 Å². The minimum Gasteiger partial charge on any atom is -0.397 e. The van der Waals surface area contributed by atoms with Gasteiger partial charge in [0.25, 0.3) is 0 Å². The summed E-state index contributed by atoms with van der Waals surface area (Å²) in [4.78, 5) is 13.1. The Bertz CT molecular complexity index is 363. The summed E-state index contributed by atoms with van der Waals surface area (Å²) in [6, 6.07) is 5.42. The van der Waals surface area contributed by atoms with E-state index in [-0.39, 0.29) is 6.03 Å². The van der Waals surface area contributed by atoms with E-state index in [9.17, 15) is 4.79 Å². The van der Waals surface area contributed by atoms with Crippen molar-refractivity contribution in [3.8, 4) is 0 Å². The molecule has 1 rings (SSSR count). The first-order valence-electron chi connectivity index (χ1n) is 4.92. The summed E-state index contributed by atoms with van der Waals surface area (Å²) in [7, 11) is 1.74. The second kappa shape index (κ2) is 4.68. The molecular weight excluding hydrogens is 190 g/mol. The highest BCUT2D eigenvalue weighted by Crippen LogP contribution is 2.19. The van der Waals surface area contributed by atoms with Crippen molar-refractivity contribution in [2.75, 3.05) is 24.6 Å². The smallest absolute Gasteiger partial charge is 0.321 e. The zero-order valence-electron chi connectivity index (χ0n) is 9.37.